The van der Waals surface area contributed by atoms with E-state index in [2.05, 4.69) is 57.3 Å². The van der Waals surface area contributed by atoms with E-state index in [0.717, 1.165) is 12.8 Å². The van der Waals surface area contributed by atoms with E-state index in [9.17, 15) is 14.7 Å². The lowest BCUT2D eigenvalue weighted by Gasteiger charge is -2.22. The molecule has 5 heteroatoms. The highest BCUT2D eigenvalue weighted by molar-refractivity contribution is 8.00. The van der Waals surface area contributed by atoms with Crippen LogP contribution in [0.2, 0.25) is 0 Å². The first-order valence-electron chi connectivity index (χ1n) is 8.75. The quantitative estimate of drug-likeness (QED) is 0.525. The standard InChI is InChI=1S/C20H33NO3S/c1-7-15(4)9-8-10-16(5)11-12-19(14(2)3)25-13-18(20(23)24)21-17(6)22/h7-10,14,18-19H,11-13H2,1-6H3,(H,21,22)(H,23,24)/b9-8+,15-7+,16-10+/t18-,19?/m0/s1. The summed E-state index contributed by atoms with van der Waals surface area (Å²) in [6.45, 7) is 11.9. The van der Waals surface area contributed by atoms with Gasteiger partial charge in [0, 0.05) is 17.9 Å². The second-order valence-electron chi connectivity index (χ2n) is 6.65. The van der Waals surface area contributed by atoms with E-state index in [1.54, 1.807) is 11.8 Å². The van der Waals surface area contributed by atoms with Gasteiger partial charge in [-0.2, -0.15) is 11.8 Å². The van der Waals surface area contributed by atoms with Crippen LogP contribution in [0.4, 0.5) is 0 Å². The molecular formula is C20H33NO3S. The summed E-state index contributed by atoms with van der Waals surface area (Å²) in [7, 11) is 0. The van der Waals surface area contributed by atoms with Crippen molar-refractivity contribution in [3.63, 3.8) is 0 Å². The molecule has 2 N–H and O–H groups in total. The van der Waals surface area contributed by atoms with E-state index in [1.165, 1.54) is 18.1 Å². The van der Waals surface area contributed by atoms with Crippen molar-refractivity contribution < 1.29 is 14.7 Å². The molecule has 25 heavy (non-hydrogen) atoms. The summed E-state index contributed by atoms with van der Waals surface area (Å²) in [6.07, 6.45) is 10.3. The van der Waals surface area contributed by atoms with Gasteiger partial charge in [0.05, 0.1) is 0 Å². The van der Waals surface area contributed by atoms with Crippen LogP contribution in [0.5, 0.6) is 0 Å². The van der Waals surface area contributed by atoms with Crippen LogP contribution in [-0.2, 0) is 9.59 Å². The number of amides is 1. The Hall–Kier alpha value is -1.49. The van der Waals surface area contributed by atoms with Gasteiger partial charge < -0.3 is 10.4 Å². The largest absolute Gasteiger partial charge is 0.480 e. The number of hydrogen-bond acceptors (Lipinski definition) is 3. The Morgan fingerprint density at radius 1 is 1.20 bits per heavy atom. The lowest BCUT2D eigenvalue weighted by molar-refractivity contribution is -0.140. The molecular weight excluding hydrogens is 334 g/mol. The molecule has 0 spiro atoms. The lowest BCUT2D eigenvalue weighted by Crippen LogP contribution is -2.42. The monoisotopic (exact) mass is 367 g/mol. The zero-order valence-corrected chi connectivity index (χ0v) is 17.2. The maximum absolute atomic E-state index is 11.2. The summed E-state index contributed by atoms with van der Waals surface area (Å²) < 4.78 is 0. The van der Waals surface area contributed by atoms with Crippen LogP contribution >= 0.6 is 11.8 Å². The van der Waals surface area contributed by atoms with Gasteiger partial charge in [0.25, 0.3) is 0 Å². The van der Waals surface area contributed by atoms with Gasteiger partial charge in [0.15, 0.2) is 0 Å². The first-order valence-corrected chi connectivity index (χ1v) is 9.80. The van der Waals surface area contributed by atoms with Crippen LogP contribution in [0.15, 0.2) is 35.5 Å². The van der Waals surface area contributed by atoms with Gasteiger partial charge in [-0.3, -0.25) is 4.79 Å². The average molecular weight is 368 g/mol. The summed E-state index contributed by atoms with van der Waals surface area (Å²) in [5.41, 5.74) is 2.54. The summed E-state index contributed by atoms with van der Waals surface area (Å²) in [4.78, 5) is 22.4. The normalized spacial score (nSPS) is 15.5. The lowest BCUT2D eigenvalue weighted by atomic mass is 10.0. The molecule has 0 aliphatic carbocycles. The van der Waals surface area contributed by atoms with Gasteiger partial charge in [-0.1, -0.05) is 49.3 Å². The SMILES string of the molecule is C/C=C(C)/C=C/C=C(\C)CCC(SC[C@H](NC(C)=O)C(=O)O)C(C)C. The molecule has 0 aromatic carbocycles. The second-order valence-corrected chi connectivity index (χ2v) is 7.92. The number of hydrogen-bond donors (Lipinski definition) is 2. The molecule has 0 saturated carbocycles. The molecule has 142 valence electrons. The van der Waals surface area contributed by atoms with Gasteiger partial charge in [-0.05, 0) is 39.5 Å². The number of carbonyl (C=O) groups excluding carboxylic acids is 1. The van der Waals surface area contributed by atoms with E-state index >= 15 is 0 Å². The maximum Gasteiger partial charge on any atom is 0.327 e. The molecule has 1 unspecified atom stereocenters. The number of carboxylic acid groups (broad SMARTS) is 1. The van der Waals surface area contributed by atoms with E-state index in [0.29, 0.717) is 16.9 Å². The van der Waals surface area contributed by atoms with Crippen LogP contribution in [0, 0.1) is 5.92 Å². The third-order valence-corrected chi connectivity index (χ3v) is 5.65. The van der Waals surface area contributed by atoms with Gasteiger partial charge in [0.2, 0.25) is 5.91 Å². The highest BCUT2D eigenvalue weighted by Crippen LogP contribution is 2.26. The Labute approximate surface area is 156 Å². The fourth-order valence-corrected chi connectivity index (χ4v) is 3.50. The third-order valence-electron chi connectivity index (χ3n) is 3.91. The summed E-state index contributed by atoms with van der Waals surface area (Å²) in [6, 6.07) is -0.827. The van der Waals surface area contributed by atoms with Gasteiger partial charge in [-0.25, -0.2) is 4.79 Å². The average Bonchev–Trinajstić information content (AvgIpc) is 2.52. The predicted molar refractivity (Wildman–Crippen MR) is 108 cm³/mol. The first kappa shape index (κ1) is 23.5. The fourth-order valence-electron chi connectivity index (χ4n) is 2.16. The van der Waals surface area contributed by atoms with Crippen LogP contribution < -0.4 is 5.32 Å². The minimum absolute atomic E-state index is 0.309. The van der Waals surface area contributed by atoms with Gasteiger partial charge in [-0.15, -0.1) is 0 Å². The first-order chi connectivity index (χ1) is 11.7. The summed E-state index contributed by atoms with van der Waals surface area (Å²) >= 11 is 1.63. The molecule has 4 nitrogen and oxygen atoms in total. The molecule has 0 aromatic heterocycles. The van der Waals surface area contributed by atoms with Crippen molar-refractivity contribution in [3.8, 4) is 0 Å². The van der Waals surface area contributed by atoms with Crippen molar-refractivity contribution in [2.75, 3.05) is 5.75 Å². The van der Waals surface area contributed by atoms with Crippen molar-refractivity contribution in [2.24, 2.45) is 5.92 Å². The number of rotatable bonds is 11. The van der Waals surface area contributed by atoms with Gasteiger partial charge >= 0.3 is 5.97 Å². The fraction of sp³-hybridized carbons (Fsp3) is 0.600. The summed E-state index contributed by atoms with van der Waals surface area (Å²) in [5, 5.41) is 12.1. The highest BCUT2D eigenvalue weighted by Gasteiger charge is 2.22. The van der Waals surface area contributed by atoms with E-state index in [1.807, 2.05) is 6.92 Å². The second kappa shape index (κ2) is 12.8. The number of carboxylic acids is 1. The Bertz CT molecular complexity index is 521. The number of thioether (sulfide) groups is 1. The third kappa shape index (κ3) is 11.6. The van der Waals surface area contributed by atoms with Crippen molar-refractivity contribution in [2.45, 2.75) is 65.7 Å². The van der Waals surface area contributed by atoms with Crippen LogP contribution in [0.1, 0.15) is 54.4 Å². The topological polar surface area (TPSA) is 66.4 Å². The minimum Gasteiger partial charge on any atom is -0.480 e. The molecule has 0 radical (unpaired) electrons. The number of carbonyl (C=O) groups is 2. The van der Waals surface area contributed by atoms with E-state index < -0.39 is 12.0 Å². The van der Waals surface area contributed by atoms with Crippen LogP contribution in [0.25, 0.3) is 0 Å². The minimum atomic E-state index is -0.981. The molecule has 0 heterocycles. The Morgan fingerprint density at radius 2 is 1.84 bits per heavy atom. The molecule has 0 bridgehead atoms. The van der Waals surface area contributed by atoms with Crippen molar-refractivity contribution in [1.82, 2.24) is 5.32 Å². The van der Waals surface area contributed by atoms with Gasteiger partial charge in [0.1, 0.15) is 6.04 Å². The Morgan fingerprint density at radius 3 is 2.32 bits per heavy atom. The number of aliphatic carboxylic acids is 1. The molecule has 1 amide bonds. The molecule has 2 atom stereocenters. The Kier molecular flexibility index (Phi) is 12.0. The molecule has 0 aromatic rings. The molecule has 0 saturated heterocycles. The number of allylic oxidation sites excluding steroid dienone is 6. The summed E-state index contributed by atoms with van der Waals surface area (Å²) in [5.74, 6) is -0.451. The highest BCUT2D eigenvalue weighted by atomic mass is 32.2. The van der Waals surface area contributed by atoms with Crippen LogP contribution in [0.3, 0.4) is 0 Å². The number of nitrogens with one attached hydrogen (secondary N) is 1. The zero-order valence-electron chi connectivity index (χ0n) is 16.3. The zero-order chi connectivity index (χ0) is 19.4. The predicted octanol–water partition coefficient (Wildman–Crippen LogP) is 4.58. The van der Waals surface area contributed by atoms with Crippen molar-refractivity contribution in [3.05, 3.63) is 35.5 Å². The van der Waals surface area contributed by atoms with Crippen LogP contribution in [-0.4, -0.2) is 34.0 Å². The Balaban J connectivity index is 4.60. The molecule has 0 aliphatic heterocycles. The van der Waals surface area contributed by atoms with Crippen molar-refractivity contribution >= 4 is 23.6 Å². The van der Waals surface area contributed by atoms with E-state index in [-0.39, 0.29) is 5.91 Å². The molecule has 0 fully saturated rings. The van der Waals surface area contributed by atoms with E-state index in [4.69, 9.17) is 0 Å². The smallest absolute Gasteiger partial charge is 0.327 e. The molecule has 0 aliphatic rings. The molecule has 0 rings (SSSR count). The van der Waals surface area contributed by atoms with Crippen molar-refractivity contribution in [1.29, 1.82) is 0 Å². The maximum atomic E-state index is 11.2.